The van der Waals surface area contributed by atoms with Crippen molar-refractivity contribution >= 4 is 5.82 Å². The minimum absolute atomic E-state index is 0.126. The predicted octanol–water partition coefficient (Wildman–Crippen LogP) is 3.16. The molecule has 3 nitrogen and oxygen atoms in total. The van der Waals surface area contributed by atoms with Crippen LogP contribution in [0.3, 0.4) is 0 Å². The summed E-state index contributed by atoms with van der Waals surface area (Å²) in [5.41, 5.74) is 7.13. The topological polar surface area (TPSA) is 51.8 Å². The van der Waals surface area contributed by atoms with E-state index in [0.29, 0.717) is 17.2 Å². The van der Waals surface area contributed by atoms with Gasteiger partial charge in [0.2, 0.25) is 0 Å². The van der Waals surface area contributed by atoms with Crippen molar-refractivity contribution in [1.82, 2.24) is 9.97 Å². The molecule has 1 aromatic carbocycles. The van der Waals surface area contributed by atoms with E-state index in [0.717, 1.165) is 5.69 Å². The molecule has 4 heteroatoms. The van der Waals surface area contributed by atoms with Crippen LogP contribution in [0.1, 0.15) is 26.5 Å². The van der Waals surface area contributed by atoms with Gasteiger partial charge < -0.3 is 5.73 Å². The SMILES string of the molecule is CC(C)(C)c1cc(N)nc(-c2cccc(F)c2)n1. The van der Waals surface area contributed by atoms with Gasteiger partial charge in [-0.1, -0.05) is 32.9 Å². The molecule has 0 unspecified atom stereocenters. The van der Waals surface area contributed by atoms with Crippen molar-refractivity contribution in [3.8, 4) is 11.4 Å². The summed E-state index contributed by atoms with van der Waals surface area (Å²) in [5.74, 6) is 0.546. The Labute approximate surface area is 106 Å². The van der Waals surface area contributed by atoms with E-state index >= 15 is 0 Å². The highest BCUT2D eigenvalue weighted by Crippen LogP contribution is 2.25. The Hall–Kier alpha value is -1.97. The molecule has 0 amide bonds. The summed E-state index contributed by atoms with van der Waals surface area (Å²) < 4.78 is 13.2. The molecule has 1 aromatic heterocycles. The lowest BCUT2D eigenvalue weighted by atomic mass is 9.92. The number of hydrogen-bond acceptors (Lipinski definition) is 3. The Morgan fingerprint density at radius 2 is 1.83 bits per heavy atom. The first-order valence-electron chi connectivity index (χ1n) is 5.77. The Morgan fingerprint density at radius 1 is 1.11 bits per heavy atom. The molecule has 18 heavy (non-hydrogen) atoms. The molecule has 0 spiro atoms. The smallest absolute Gasteiger partial charge is 0.161 e. The number of nitrogens with two attached hydrogens (primary N) is 1. The Morgan fingerprint density at radius 3 is 2.44 bits per heavy atom. The largest absolute Gasteiger partial charge is 0.384 e. The second kappa shape index (κ2) is 4.37. The van der Waals surface area contributed by atoms with Crippen LogP contribution in [0.25, 0.3) is 11.4 Å². The Kier molecular flexibility index (Phi) is 3.03. The standard InChI is InChI=1S/C14H16FN3/c1-14(2,3)11-8-12(16)18-13(17-11)9-5-4-6-10(15)7-9/h4-8H,1-3H3,(H2,16,17,18). The van der Waals surface area contributed by atoms with Crippen molar-refractivity contribution in [2.24, 2.45) is 0 Å². The van der Waals surface area contributed by atoms with E-state index in [1.807, 2.05) is 20.8 Å². The van der Waals surface area contributed by atoms with Crippen molar-refractivity contribution in [1.29, 1.82) is 0 Å². The molecule has 0 saturated heterocycles. The average Bonchev–Trinajstić information content (AvgIpc) is 2.27. The minimum Gasteiger partial charge on any atom is -0.384 e. The second-order valence-corrected chi connectivity index (χ2v) is 5.26. The Bertz CT molecular complexity index is 573. The Balaban J connectivity index is 2.55. The van der Waals surface area contributed by atoms with Gasteiger partial charge in [0.15, 0.2) is 5.82 Å². The van der Waals surface area contributed by atoms with Gasteiger partial charge in [0, 0.05) is 17.0 Å². The van der Waals surface area contributed by atoms with Crippen LogP contribution in [0.4, 0.5) is 10.2 Å². The van der Waals surface area contributed by atoms with Gasteiger partial charge in [-0.25, -0.2) is 14.4 Å². The molecular weight excluding hydrogens is 229 g/mol. The zero-order valence-corrected chi connectivity index (χ0v) is 10.7. The fraction of sp³-hybridized carbons (Fsp3) is 0.286. The summed E-state index contributed by atoms with van der Waals surface area (Å²) in [7, 11) is 0. The number of hydrogen-bond donors (Lipinski definition) is 1. The molecule has 0 aliphatic carbocycles. The van der Waals surface area contributed by atoms with Crippen LogP contribution >= 0.6 is 0 Å². The number of anilines is 1. The molecular formula is C14H16FN3. The van der Waals surface area contributed by atoms with Crippen molar-refractivity contribution in [3.63, 3.8) is 0 Å². The molecule has 1 heterocycles. The van der Waals surface area contributed by atoms with E-state index in [9.17, 15) is 4.39 Å². The van der Waals surface area contributed by atoms with Gasteiger partial charge >= 0.3 is 0 Å². The summed E-state index contributed by atoms with van der Waals surface area (Å²) in [6.07, 6.45) is 0. The number of rotatable bonds is 1. The molecule has 2 N–H and O–H groups in total. The highest BCUT2D eigenvalue weighted by atomic mass is 19.1. The lowest BCUT2D eigenvalue weighted by molar-refractivity contribution is 0.568. The molecule has 2 aromatic rings. The summed E-state index contributed by atoms with van der Waals surface area (Å²) in [5, 5.41) is 0. The summed E-state index contributed by atoms with van der Waals surface area (Å²) >= 11 is 0. The van der Waals surface area contributed by atoms with Gasteiger partial charge in [-0.05, 0) is 12.1 Å². The van der Waals surface area contributed by atoms with Gasteiger partial charge in [0.25, 0.3) is 0 Å². The number of aromatic nitrogens is 2. The maximum Gasteiger partial charge on any atom is 0.161 e. The number of nitrogen functional groups attached to an aromatic ring is 1. The van der Waals surface area contributed by atoms with Gasteiger partial charge in [-0.15, -0.1) is 0 Å². The van der Waals surface area contributed by atoms with E-state index in [4.69, 9.17) is 5.73 Å². The van der Waals surface area contributed by atoms with Crippen LogP contribution in [0.15, 0.2) is 30.3 Å². The zero-order valence-electron chi connectivity index (χ0n) is 10.7. The first-order valence-corrected chi connectivity index (χ1v) is 5.77. The van der Waals surface area contributed by atoms with Crippen molar-refractivity contribution in [3.05, 3.63) is 41.8 Å². The summed E-state index contributed by atoms with van der Waals surface area (Å²) in [6, 6.07) is 7.95. The summed E-state index contributed by atoms with van der Waals surface area (Å²) in [4.78, 5) is 8.62. The first kappa shape index (κ1) is 12.5. The van der Waals surface area contributed by atoms with E-state index in [-0.39, 0.29) is 11.2 Å². The monoisotopic (exact) mass is 245 g/mol. The van der Waals surface area contributed by atoms with E-state index in [1.54, 1.807) is 18.2 Å². The normalized spacial score (nSPS) is 11.6. The third kappa shape index (κ3) is 2.64. The molecule has 0 saturated carbocycles. The van der Waals surface area contributed by atoms with Crippen molar-refractivity contribution in [2.45, 2.75) is 26.2 Å². The third-order valence-electron chi connectivity index (χ3n) is 2.60. The molecule has 0 bridgehead atoms. The molecule has 0 radical (unpaired) electrons. The molecule has 0 aliphatic rings. The predicted molar refractivity (Wildman–Crippen MR) is 70.5 cm³/mol. The molecule has 2 rings (SSSR count). The fourth-order valence-corrected chi connectivity index (χ4v) is 1.61. The maximum atomic E-state index is 13.2. The number of nitrogens with zero attached hydrogens (tertiary/aromatic N) is 2. The maximum absolute atomic E-state index is 13.2. The fourth-order valence-electron chi connectivity index (χ4n) is 1.61. The van der Waals surface area contributed by atoms with Crippen molar-refractivity contribution in [2.75, 3.05) is 5.73 Å². The number of halogens is 1. The first-order chi connectivity index (χ1) is 8.36. The highest BCUT2D eigenvalue weighted by Gasteiger charge is 2.18. The van der Waals surface area contributed by atoms with Crippen LogP contribution in [0.2, 0.25) is 0 Å². The van der Waals surface area contributed by atoms with Crippen LogP contribution in [0, 0.1) is 5.82 Å². The van der Waals surface area contributed by atoms with E-state index < -0.39 is 0 Å². The van der Waals surface area contributed by atoms with Gasteiger partial charge in [-0.3, -0.25) is 0 Å². The van der Waals surface area contributed by atoms with Gasteiger partial charge in [0.1, 0.15) is 11.6 Å². The van der Waals surface area contributed by atoms with Crippen molar-refractivity contribution < 1.29 is 4.39 Å². The minimum atomic E-state index is -0.309. The lowest BCUT2D eigenvalue weighted by Crippen LogP contribution is -2.15. The van der Waals surface area contributed by atoms with Crippen LogP contribution in [-0.4, -0.2) is 9.97 Å². The molecule has 0 fully saturated rings. The van der Waals surface area contributed by atoms with Gasteiger partial charge in [-0.2, -0.15) is 0 Å². The van der Waals surface area contributed by atoms with Crippen LogP contribution in [-0.2, 0) is 5.41 Å². The third-order valence-corrected chi connectivity index (χ3v) is 2.60. The average molecular weight is 245 g/mol. The molecule has 0 atom stereocenters. The number of benzene rings is 1. The van der Waals surface area contributed by atoms with E-state index in [2.05, 4.69) is 9.97 Å². The van der Waals surface area contributed by atoms with E-state index in [1.165, 1.54) is 12.1 Å². The zero-order chi connectivity index (χ0) is 13.3. The lowest BCUT2D eigenvalue weighted by Gasteiger charge is -2.18. The van der Waals surface area contributed by atoms with Gasteiger partial charge in [0.05, 0.1) is 5.69 Å². The quantitative estimate of drug-likeness (QED) is 0.839. The molecule has 0 aliphatic heterocycles. The molecule has 94 valence electrons. The second-order valence-electron chi connectivity index (χ2n) is 5.26. The van der Waals surface area contributed by atoms with Crippen LogP contribution in [0.5, 0.6) is 0 Å². The summed E-state index contributed by atoms with van der Waals surface area (Å²) in [6.45, 7) is 6.14. The van der Waals surface area contributed by atoms with Crippen LogP contribution < -0.4 is 5.73 Å². The highest BCUT2D eigenvalue weighted by molar-refractivity contribution is 5.57.